The van der Waals surface area contributed by atoms with Gasteiger partial charge in [-0.15, -0.1) is 0 Å². The Balaban J connectivity index is 1.45. The summed E-state index contributed by atoms with van der Waals surface area (Å²) in [7, 11) is 1.62. The number of amides is 2. The second-order valence-corrected chi connectivity index (χ2v) is 12.2. The third-order valence-electron chi connectivity index (χ3n) is 8.38. The van der Waals surface area contributed by atoms with Gasteiger partial charge in [0, 0.05) is 18.1 Å². The number of hydrogen-bond acceptors (Lipinski definition) is 7. The molecule has 0 aliphatic carbocycles. The largest absolute Gasteiger partial charge is 0.496 e. The highest BCUT2D eigenvalue weighted by atomic mass is 16.7. The van der Waals surface area contributed by atoms with Gasteiger partial charge < -0.3 is 28.6 Å². The van der Waals surface area contributed by atoms with Crippen LogP contribution < -0.4 is 18.9 Å². The highest BCUT2D eigenvalue weighted by Crippen LogP contribution is 2.41. The number of aryl methyl sites for hydroxylation is 1. The second-order valence-electron chi connectivity index (χ2n) is 12.2. The van der Waals surface area contributed by atoms with E-state index in [0.29, 0.717) is 40.8 Å². The minimum Gasteiger partial charge on any atom is -0.496 e. The van der Waals surface area contributed by atoms with E-state index in [1.165, 1.54) is 4.90 Å². The summed E-state index contributed by atoms with van der Waals surface area (Å²) in [6.45, 7) is 10.5. The summed E-state index contributed by atoms with van der Waals surface area (Å²) >= 11 is 0. The summed E-state index contributed by atoms with van der Waals surface area (Å²) in [6, 6.07) is 28.0. The number of carbonyl (C=O) groups excluding carboxylic acids is 2. The molecule has 0 aromatic heterocycles. The van der Waals surface area contributed by atoms with Crippen LogP contribution in [-0.4, -0.2) is 47.8 Å². The van der Waals surface area contributed by atoms with Gasteiger partial charge in [0.25, 0.3) is 5.91 Å². The van der Waals surface area contributed by atoms with Crippen molar-refractivity contribution in [1.29, 1.82) is 0 Å². The lowest BCUT2D eigenvalue weighted by atomic mass is 9.96. The van der Waals surface area contributed by atoms with Crippen LogP contribution in [0.3, 0.4) is 0 Å². The van der Waals surface area contributed by atoms with Crippen molar-refractivity contribution in [2.45, 2.75) is 52.5 Å². The number of fused-ring (bicyclic) bond motifs is 1. The van der Waals surface area contributed by atoms with Crippen LogP contribution in [0.25, 0.3) is 6.08 Å². The molecule has 2 aliphatic heterocycles. The van der Waals surface area contributed by atoms with E-state index in [9.17, 15) is 9.59 Å². The zero-order valence-corrected chi connectivity index (χ0v) is 28.2. The van der Waals surface area contributed by atoms with Crippen molar-refractivity contribution in [2.24, 2.45) is 0 Å². The summed E-state index contributed by atoms with van der Waals surface area (Å²) < 4.78 is 28.9. The fraction of sp³-hybridized carbons (Fsp3) is 0.250. The average molecular weight is 661 g/mol. The van der Waals surface area contributed by atoms with Crippen LogP contribution in [0.2, 0.25) is 0 Å². The van der Waals surface area contributed by atoms with Gasteiger partial charge in [0.05, 0.1) is 31.2 Å². The number of piperazine rings is 1. The Labute approximate surface area is 286 Å². The molecule has 49 heavy (non-hydrogen) atoms. The Morgan fingerprint density at radius 2 is 1.59 bits per heavy atom. The second kappa shape index (κ2) is 14.6. The zero-order valence-electron chi connectivity index (χ0n) is 28.2. The van der Waals surface area contributed by atoms with Crippen molar-refractivity contribution >= 4 is 18.1 Å². The SMILES string of the molecule is C=C1/C(=C/c2cc3c(cc2OCc2ccccc2)OCO3)N(Cc2ccccc2)C(=O)C(Cc2ccc(OC)c(C)c2)N1C(=O)OC(C)C. The first-order valence-corrected chi connectivity index (χ1v) is 16.2. The van der Waals surface area contributed by atoms with Crippen LogP contribution in [0.4, 0.5) is 4.79 Å². The first kappa shape index (κ1) is 33.2. The van der Waals surface area contributed by atoms with E-state index in [2.05, 4.69) is 6.58 Å². The van der Waals surface area contributed by atoms with Gasteiger partial charge in [0.1, 0.15) is 24.1 Å². The van der Waals surface area contributed by atoms with Crippen molar-refractivity contribution < 1.29 is 33.3 Å². The van der Waals surface area contributed by atoms with Gasteiger partial charge >= 0.3 is 6.09 Å². The average Bonchev–Trinajstić information content (AvgIpc) is 3.55. The van der Waals surface area contributed by atoms with E-state index < -0.39 is 18.2 Å². The minimum atomic E-state index is -0.919. The Morgan fingerprint density at radius 1 is 0.918 bits per heavy atom. The van der Waals surface area contributed by atoms with E-state index >= 15 is 0 Å². The van der Waals surface area contributed by atoms with E-state index in [1.807, 2.05) is 97.9 Å². The van der Waals surface area contributed by atoms with Crippen molar-refractivity contribution in [1.82, 2.24) is 9.80 Å². The lowest BCUT2D eigenvalue weighted by Crippen LogP contribution is -2.57. The summed E-state index contributed by atoms with van der Waals surface area (Å²) in [5.41, 5.74) is 5.07. The molecule has 1 unspecified atom stereocenters. The maximum Gasteiger partial charge on any atom is 0.415 e. The molecule has 6 rings (SSSR count). The molecule has 1 saturated heterocycles. The molecule has 0 radical (unpaired) electrons. The van der Waals surface area contributed by atoms with Crippen LogP contribution in [0.15, 0.2) is 109 Å². The van der Waals surface area contributed by atoms with E-state index in [1.54, 1.807) is 31.9 Å². The van der Waals surface area contributed by atoms with Crippen LogP contribution in [0.5, 0.6) is 23.0 Å². The molecule has 252 valence electrons. The molecule has 2 aliphatic rings. The van der Waals surface area contributed by atoms with Gasteiger partial charge in [0.2, 0.25) is 6.79 Å². The maximum absolute atomic E-state index is 14.8. The van der Waals surface area contributed by atoms with Gasteiger partial charge in [-0.05, 0) is 61.2 Å². The topological polar surface area (TPSA) is 86.8 Å². The van der Waals surface area contributed by atoms with Crippen molar-refractivity contribution in [3.63, 3.8) is 0 Å². The number of nitrogens with zero attached hydrogens (tertiary/aromatic N) is 2. The number of ether oxygens (including phenoxy) is 5. The van der Waals surface area contributed by atoms with Crippen LogP contribution in [-0.2, 0) is 29.1 Å². The summed E-state index contributed by atoms with van der Waals surface area (Å²) in [5, 5.41) is 0. The van der Waals surface area contributed by atoms with Crippen LogP contribution in [0.1, 0.15) is 41.7 Å². The fourth-order valence-corrected chi connectivity index (χ4v) is 5.99. The smallest absolute Gasteiger partial charge is 0.415 e. The Morgan fingerprint density at radius 3 is 2.24 bits per heavy atom. The molecule has 1 atom stereocenters. The third-order valence-corrected chi connectivity index (χ3v) is 8.38. The normalized spacial score (nSPS) is 16.3. The predicted octanol–water partition coefficient (Wildman–Crippen LogP) is 7.67. The monoisotopic (exact) mass is 660 g/mol. The van der Waals surface area contributed by atoms with E-state index in [-0.39, 0.29) is 25.7 Å². The number of hydrogen-bond donors (Lipinski definition) is 0. The Kier molecular flexibility index (Phi) is 9.89. The maximum atomic E-state index is 14.8. The molecule has 4 aromatic rings. The third kappa shape index (κ3) is 7.41. The molecule has 0 bridgehead atoms. The minimum absolute atomic E-state index is 0.0835. The predicted molar refractivity (Wildman–Crippen MR) is 186 cm³/mol. The molecule has 9 heteroatoms. The lowest BCUT2D eigenvalue weighted by molar-refractivity contribution is -0.136. The first-order chi connectivity index (χ1) is 23.7. The van der Waals surface area contributed by atoms with E-state index in [4.69, 9.17) is 23.7 Å². The number of rotatable bonds is 10. The molecule has 0 saturated carbocycles. The molecular weight excluding hydrogens is 620 g/mol. The van der Waals surface area contributed by atoms with Crippen molar-refractivity contribution in [3.8, 4) is 23.0 Å². The van der Waals surface area contributed by atoms with Gasteiger partial charge in [-0.25, -0.2) is 4.79 Å². The molecule has 1 fully saturated rings. The molecule has 0 N–H and O–H groups in total. The zero-order chi connectivity index (χ0) is 34.5. The number of methoxy groups -OCH3 is 1. The van der Waals surface area contributed by atoms with Crippen molar-refractivity contribution in [2.75, 3.05) is 13.9 Å². The molecule has 2 amide bonds. The van der Waals surface area contributed by atoms with Crippen molar-refractivity contribution in [3.05, 3.63) is 137 Å². The molecule has 2 heterocycles. The first-order valence-electron chi connectivity index (χ1n) is 16.2. The highest BCUT2D eigenvalue weighted by molar-refractivity contribution is 5.93. The van der Waals surface area contributed by atoms with Gasteiger partial charge in [-0.3, -0.25) is 9.69 Å². The summed E-state index contributed by atoms with van der Waals surface area (Å²) in [5.74, 6) is 2.09. The summed E-state index contributed by atoms with van der Waals surface area (Å²) in [6.07, 6.45) is 0.986. The number of benzene rings is 4. The van der Waals surface area contributed by atoms with Gasteiger partial charge in [-0.1, -0.05) is 79.4 Å². The fourth-order valence-electron chi connectivity index (χ4n) is 5.99. The molecule has 4 aromatic carbocycles. The number of carbonyl (C=O) groups is 2. The molecule has 0 spiro atoms. The van der Waals surface area contributed by atoms with Crippen LogP contribution >= 0.6 is 0 Å². The quantitative estimate of drug-likeness (QED) is 0.173. The Bertz CT molecular complexity index is 1870. The summed E-state index contributed by atoms with van der Waals surface area (Å²) in [4.78, 5) is 31.7. The molecular formula is C40H40N2O7. The Hall–Kier alpha value is -5.70. The molecule has 9 nitrogen and oxygen atoms in total. The van der Waals surface area contributed by atoms with Gasteiger partial charge in [-0.2, -0.15) is 0 Å². The van der Waals surface area contributed by atoms with Gasteiger partial charge in [0.15, 0.2) is 11.5 Å². The standard InChI is InChI=1S/C40H40N2O7/c1-26(2)49-40(44)42-28(4)33(20-32-21-37-38(48-25-47-37)22-36(32)46-24-30-14-10-7-11-15-30)41(23-29-12-8-6-9-13-29)39(43)34(42)19-31-16-17-35(45-5)27(3)18-31/h6-18,20-22,26,34H,4,19,23-25H2,1-3,5H3/b33-20-. The highest BCUT2D eigenvalue weighted by Gasteiger charge is 2.44. The van der Waals surface area contributed by atoms with E-state index in [0.717, 1.165) is 28.0 Å². The lowest BCUT2D eigenvalue weighted by Gasteiger charge is -2.43. The van der Waals surface area contributed by atoms with Crippen LogP contribution in [0, 0.1) is 6.92 Å².